The summed E-state index contributed by atoms with van der Waals surface area (Å²) in [7, 11) is 0. The SMILES string of the molecule is O=C(O)C1CN(C(=O)c2nc(N3CCOCC3)ncc2Cl)CC12CCCC2. The second kappa shape index (κ2) is 7.24. The van der Waals surface area contributed by atoms with Crippen molar-refractivity contribution < 1.29 is 19.4 Å². The van der Waals surface area contributed by atoms with Crippen LogP contribution in [0.25, 0.3) is 0 Å². The number of amides is 1. The van der Waals surface area contributed by atoms with Crippen LogP contribution in [-0.4, -0.2) is 71.2 Å². The number of anilines is 1. The Hall–Kier alpha value is -1.93. The summed E-state index contributed by atoms with van der Waals surface area (Å²) in [4.78, 5) is 37.1. The molecule has 4 rings (SSSR count). The first-order valence-corrected chi connectivity index (χ1v) is 9.75. The zero-order valence-electron chi connectivity index (χ0n) is 15.1. The van der Waals surface area contributed by atoms with Gasteiger partial charge in [-0.1, -0.05) is 24.4 Å². The molecule has 1 aromatic rings. The number of carbonyl (C=O) groups is 2. The highest BCUT2D eigenvalue weighted by Gasteiger charge is 2.52. The molecule has 2 aliphatic heterocycles. The van der Waals surface area contributed by atoms with Gasteiger partial charge in [0.25, 0.3) is 5.91 Å². The molecule has 27 heavy (non-hydrogen) atoms. The third-order valence-electron chi connectivity index (χ3n) is 6.06. The van der Waals surface area contributed by atoms with Crippen molar-refractivity contribution in [1.82, 2.24) is 14.9 Å². The van der Waals surface area contributed by atoms with E-state index in [4.69, 9.17) is 16.3 Å². The lowest BCUT2D eigenvalue weighted by Crippen LogP contribution is -2.38. The number of morpholine rings is 1. The van der Waals surface area contributed by atoms with Crippen molar-refractivity contribution in [1.29, 1.82) is 0 Å². The van der Waals surface area contributed by atoms with Crippen LogP contribution in [0.2, 0.25) is 5.02 Å². The molecule has 146 valence electrons. The normalized spacial score (nSPS) is 24.6. The van der Waals surface area contributed by atoms with Gasteiger partial charge in [0.1, 0.15) is 0 Å². The number of nitrogens with zero attached hydrogens (tertiary/aromatic N) is 4. The van der Waals surface area contributed by atoms with E-state index < -0.39 is 11.9 Å². The Morgan fingerprint density at radius 2 is 1.96 bits per heavy atom. The maximum Gasteiger partial charge on any atom is 0.308 e. The number of hydrogen-bond acceptors (Lipinski definition) is 6. The van der Waals surface area contributed by atoms with Gasteiger partial charge < -0.3 is 19.6 Å². The largest absolute Gasteiger partial charge is 0.481 e. The van der Waals surface area contributed by atoms with Crippen LogP contribution in [0.5, 0.6) is 0 Å². The highest BCUT2D eigenvalue weighted by atomic mass is 35.5. The number of ether oxygens (including phenoxy) is 1. The molecule has 1 atom stereocenters. The summed E-state index contributed by atoms with van der Waals surface area (Å²) in [6.45, 7) is 3.15. The van der Waals surface area contributed by atoms with Crippen LogP contribution in [0.15, 0.2) is 6.20 Å². The summed E-state index contributed by atoms with van der Waals surface area (Å²) in [5.41, 5.74) is -0.166. The predicted molar refractivity (Wildman–Crippen MR) is 98.0 cm³/mol. The number of halogens is 1. The van der Waals surface area contributed by atoms with Crippen molar-refractivity contribution in [3.05, 3.63) is 16.9 Å². The summed E-state index contributed by atoms with van der Waals surface area (Å²) >= 11 is 6.23. The molecule has 1 aliphatic carbocycles. The molecule has 3 aliphatic rings. The van der Waals surface area contributed by atoms with Gasteiger partial charge in [-0.25, -0.2) is 9.97 Å². The van der Waals surface area contributed by atoms with E-state index in [-0.39, 0.29) is 28.6 Å². The number of aliphatic carboxylic acids is 1. The lowest BCUT2D eigenvalue weighted by molar-refractivity contribution is -0.144. The van der Waals surface area contributed by atoms with E-state index in [0.29, 0.717) is 38.8 Å². The van der Waals surface area contributed by atoms with Crippen LogP contribution in [0, 0.1) is 11.3 Å². The maximum atomic E-state index is 13.1. The van der Waals surface area contributed by atoms with E-state index in [1.165, 1.54) is 6.20 Å². The first-order chi connectivity index (χ1) is 13.0. The van der Waals surface area contributed by atoms with Crippen molar-refractivity contribution in [2.75, 3.05) is 44.3 Å². The standard InChI is InChI=1S/C18H23ClN4O4/c19-13-9-20-17(22-5-7-27-8-6-22)21-14(13)15(24)23-10-12(16(25)26)18(11-23)3-1-2-4-18/h9,12H,1-8,10-11H2,(H,25,26). The Balaban J connectivity index is 1.58. The molecule has 3 heterocycles. The number of hydrogen-bond donors (Lipinski definition) is 1. The Bertz CT molecular complexity index is 747. The maximum absolute atomic E-state index is 13.1. The second-order valence-corrected chi connectivity index (χ2v) is 8.02. The third-order valence-corrected chi connectivity index (χ3v) is 6.34. The number of aromatic nitrogens is 2. The number of carboxylic acid groups (broad SMARTS) is 1. The average Bonchev–Trinajstić information content (AvgIpc) is 3.30. The number of carboxylic acids is 1. The van der Waals surface area contributed by atoms with Gasteiger partial charge in [-0.3, -0.25) is 9.59 Å². The molecule has 1 saturated carbocycles. The highest BCUT2D eigenvalue weighted by molar-refractivity contribution is 6.33. The fraction of sp³-hybridized carbons (Fsp3) is 0.667. The lowest BCUT2D eigenvalue weighted by Gasteiger charge is -2.27. The van der Waals surface area contributed by atoms with Crippen LogP contribution in [0.3, 0.4) is 0 Å². The lowest BCUT2D eigenvalue weighted by atomic mass is 9.76. The van der Waals surface area contributed by atoms with Crippen LogP contribution < -0.4 is 4.90 Å². The molecule has 3 fully saturated rings. The zero-order chi connectivity index (χ0) is 19.0. The number of likely N-dealkylation sites (tertiary alicyclic amines) is 1. The molecule has 8 nitrogen and oxygen atoms in total. The molecule has 1 spiro atoms. The van der Waals surface area contributed by atoms with Crippen molar-refractivity contribution in [3.8, 4) is 0 Å². The van der Waals surface area contributed by atoms with Gasteiger partial charge in [0.05, 0.1) is 30.4 Å². The third kappa shape index (κ3) is 3.36. The van der Waals surface area contributed by atoms with Gasteiger partial charge in [-0.15, -0.1) is 0 Å². The van der Waals surface area contributed by atoms with Gasteiger partial charge in [0, 0.05) is 31.6 Å². The Kier molecular flexibility index (Phi) is 4.94. The van der Waals surface area contributed by atoms with Crippen LogP contribution in [0.4, 0.5) is 5.95 Å². The summed E-state index contributed by atoms with van der Waals surface area (Å²) in [5.74, 6) is -1.21. The van der Waals surface area contributed by atoms with Crippen molar-refractivity contribution in [2.45, 2.75) is 25.7 Å². The van der Waals surface area contributed by atoms with E-state index in [9.17, 15) is 14.7 Å². The smallest absolute Gasteiger partial charge is 0.308 e. The Labute approximate surface area is 162 Å². The second-order valence-electron chi connectivity index (χ2n) is 7.61. The molecular weight excluding hydrogens is 372 g/mol. The first kappa shape index (κ1) is 18.4. The molecule has 1 aromatic heterocycles. The van der Waals surface area contributed by atoms with Crippen molar-refractivity contribution >= 4 is 29.4 Å². The van der Waals surface area contributed by atoms with Crippen molar-refractivity contribution in [3.63, 3.8) is 0 Å². The fourth-order valence-electron chi connectivity index (χ4n) is 4.62. The Morgan fingerprint density at radius 3 is 2.63 bits per heavy atom. The summed E-state index contributed by atoms with van der Waals surface area (Å²) < 4.78 is 5.34. The topological polar surface area (TPSA) is 95.9 Å². The van der Waals surface area contributed by atoms with E-state index in [2.05, 4.69) is 9.97 Å². The molecule has 1 N–H and O–H groups in total. The summed E-state index contributed by atoms with van der Waals surface area (Å²) in [5, 5.41) is 9.86. The number of rotatable bonds is 3. The molecular formula is C18H23ClN4O4. The van der Waals surface area contributed by atoms with Crippen LogP contribution in [0.1, 0.15) is 36.2 Å². The van der Waals surface area contributed by atoms with E-state index in [1.54, 1.807) is 4.90 Å². The fourth-order valence-corrected chi connectivity index (χ4v) is 4.79. The molecule has 0 bridgehead atoms. The Morgan fingerprint density at radius 1 is 1.26 bits per heavy atom. The van der Waals surface area contributed by atoms with E-state index >= 15 is 0 Å². The van der Waals surface area contributed by atoms with Crippen molar-refractivity contribution in [2.24, 2.45) is 11.3 Å². The molecule has 1 unspecified atom stereocenters. The van der Waals surface area contributed by atoms with Gasteiger partial charge >= 0.3 is 5.97 Å². The minimum absolute atomic E-state index is 0.146. The average molecular weight is 395 g/mol. The van der Waals surface area contributed by atoms with E-state index in [0.717, 1.165) is 25.7 Å². The summed E-state index contributed by atoms with van der Waals surface area (Å²) in [6.07, 6.45) is 5.18. The van der Waals surface area contributed by atoms with Crippen LogP contribution in [-0.2, 0) is 9.53 Å². The molecule has 0 radical (unpaired) electrons. The minimum atomic E-state index is -0.824. The van der Waals surface area contributed by atoms with E-state index in [1.807, 2.05) is 4.90 Å². The highest BCUT2D eigenvalue weighted by Crippen LogP contribution is 2.49. The monoisotopic (exact) mass is 394 g/mol. The first-order valence-electron chi connectivity index (χ1n) is 9.37. The minimum Gasteiger partial charge on any atom is -0.481 e. The quantitative estimate of drug-likeness (QED) is 0.833. The number of carbonyl (C=O) groups excluding carboxylic acids is 1. The molecule has 1 amide bonds. The molecule has 9 heteroatoms. The van der Waals surface area contributed by atoms with Gasteiger partial charge in [-0.05, 0) is 12.8 Å². The van der Waals surface area contributed by atoms with Gasteiger partial charge in [-0.2, -0.15) is 0 Å². The van der Waals surface area contributed by atoms with Gasteiger partial charge in [0.15, 0.2) is 5.69 Å². The molecule has 0 aromatic carbocycles. The van der Waals surface area contributed by atoms with Crippen LogP contribution >= 0.6 is 11.6 Å². The molecule has 2 saturated heterocycles. The predicted octanol–water partition coefficient (Wildman–Crippen LogP) is 1.68. The zero-order valence-corrected chi connectivity index (χ0v) is 15.8. The van der Waals surface area contributed by atoms with Gasteiger partial charge in [0.2, 0.25) is 5.95 Å². The summed E-state index contributed by atoms with van der Waals surface area (Å²) in [6, 6.07) is 0.